The third-order valence-corrected chi connectivity index (χ3v) is 10.5. The van der Waals surface area contributed by atoms with Gasteiger partial charge in [-0.05, 0) is 79.8 Å². The number of hydrogen-bond acceptors (Lipinski definition) is 3. The van der Waals surface area contributed by atoms with E-state index in [-0.39, 0.29) is 12.1 Å². The van der Waals surface area contributed by atoms with Crippen LogP contribution in [0.4, 0.5) is 17.1 Å². The van der Waals surface area contributed by atoms with Gasteiger partial charge in [0.15, 0.2) is 0 Å². The maximum Gasteiger partial charge on any atom is 0.262 e. The number of para-hydroxylation sites is 2. The van der Waals surface area contributed by atoms with Gasteiger partial charge in [0.2, 0.25) is 0 Å². The quantitative estimate of drug-likeness (QED) is 0.141. The minimum atomic E-state index is -0.105. The van der Waals surface area contributed by atoms with E-state index in [9.17, 15) is 0 Å². The number of benzene rings is 8. The molecule has 2 aliphatic heterocycles. The molecule has 0 saturated heterocycles. The molecule has 0 bridgehead atoms. The van der Waals surface area contributed by atoms with Gasteiger partial charge in [-0.1, -0.05) is 130 Å². The Labute approximate surface area is 292 Å². The van der Waals surface area contributed by atoms with Crippen molar-refractivity contribution in [1.29, 1.82) is 0 Å². The van der Waals surface area contributed by atoms with Gasteiger partial charge in [-0.3, -0.25) is 0 Å². The van der Waals surface area contributed by atoms with Crippen LogP contribution in [0.1, 0.15) is 26.3 Å². The lowest BCUT2D eigenvalue weighted by atomic mass is 9.33. The molecular formula is C46H34BNO2. The lowest BCUT2D eigenvalue weighted by Gasteiger charge is -2.37. The number of nitrogens with zero attached hydrogens (tertiary/aromatic N) is 1. The maximum absolute atomic E-state index is 7.14. The van der Waals surface area contributed by atoms with Crippen LogP contribution in [0.15, 0.2) is 152 Å². The Morgan fingerprint density at radius 2 is 0.900 bits per heavy atom. The van der Waals surface area contributed by atoms with E-state index in [1.54, 1.807) is 0 Å². The summed E-state index contributed by atoms with van der Waals surface area (Å²) in [6.45, 7) is 6.65. The standard InChI is InChI=1S/C46H34BNO2/c1-46(2,3)29-26-39-44-40(27-29)50-45-37-25-15-11-21-33(37)32-20-10-13-23-35(32)43(45)47(44)42-36-24-14-12-22-34(36)38(28-41(42)49-39)48(30-16-6-4-7-17-30)31-18-8-5-9-19-31/h4-28H,1-3H3. The molecule has 238 valence electrons. The van der Waals surface area contributed by atoms with Gasteiger partial charge in [0.05, 0.1) is 5.69 Å². The van der Waals surface area contributed by atoms with Crippen LogP contribution in [0.5, 0.6) is 23.0 Å². The molecular weight excluding hydrogens is 609 g/mol. The van der Waals surface area contributed by atoms with Gasteiger partial charge >= 0.3 is 0 Å². The van der Waals surface area contributed by atoms with Crippen molar-refractivity contribution in [3.63, 3.8) is 0 Å². The number of fused-ring (bicyclic) bond motifs is 11. The topological polar surface area (TPSA) is 21.7 Å². The molecule has 10 rings (SSSR count). The largest absolute Gasteiger partial charge is 0.458 e. The number of rotatable bonds is 3. The highest BCUT2D eigenvalue weighted by Crippen LogP contribution is 2.46. The van der Waals surface area contributed by atoms with Gasteiger partial charge in [-0.25, -0.2) is 0 Å². The van der Waals surface area contributed by atoms with E-state index in [2.05, 4.69) is 177 Å². The molecule has 2 heterocycles. The van der Waals surface area contributed by atoms with Crippen molar-refractivity contribution in [3.05, 3.63) is 157 Å². The molecule has 8 aromatic carbocycles. The Morgan fingerprint density at radius 1 is 0.440 bits per heavy atom. The van der Waals surface area contributed by atoms with Crippen molar-refractivity contribution in [2.45, 2.75) is 26.2 Å². The van der Waals surface area contributed by atoms with Crippen LogP contribution in [0.25, 0.3) is 32.3 Å². The van der Waals surface area contributed by atoms with E-state index in [4.69, 9.17) is 9.47 Å². The predicted octanol–water partition coefficient (Wildman–Crippen LogP) is 10.6. The normalized spacial score (nSPS) is 13.0. The van der Waals surface area contributed by atoms with Gasteiger partial charge in [-0.15, -0.1) is 0 Å². The second kappa shape index (κ2) is 10.8. The molecule has 0 atom stereocenters. The van der Waals surface area contributed by atoms with E-state index in [1.165, 1.54) is 38.0 Å². The Balaban J connectivity index is 1.34. The van der Waals surface area contributed by atoms with Gasteiger partial charge in [0, 0.05) is 33.7 Å². The molecule has 0 aromatic heterocycles. The third-order valence-electron chi connectivity index (χ3n) is 10.5. The summed E-state index contributed by atoms with van der Waals surface area (Å²) in [5.41, 5.74) is 7.79. The molecule has 3 nitrogen and oxygen atoms in total. The highest BCUT2D eigenvalue weighted by Gasteiger charge is 2.44. The second-order valence-electron chi connectivity index (χ2n) is 14.5. The summed E-state index contributed by atoms with van der Waals surface area (Å²) in [6.07, 6.45) is 0. The van der Waals surface area contributed by atoms with E-state index in [0.29, 0.717) is 0 Å². The molecule has 0 unspecified atom stereocenters. The summed E-state index contributed by atoms with van der Waals surface area (Å²) in [6, 6.07) is 54.3. The molecule has 0 N–H and O–H groups in total. The summed E-state index contributed by atoms with van der Waals surface area (Å²) < 4.78 is 14.2. The molecule has 0 amide bonds. The van der Waals surface area contributed by atoms with Crippen molar-refractivity contribution in [2.24, 2.45) is 0 Å². The summed E-state index contributed by atoms with van der Waals surface area (Å²) >= 11 is 0. The van der Waals surface area contributed by atoms with E-state index >= 15 is 0 Å². The smallest absolute Gasteiger partial charge is 0.262 e. The van der Waals surface area contributed by atoms with Gasteiger partial charge in [0.25, 0.3) is 6.71 Å². The fourth-order valence-electron chi connectivity index (χ4n) is 8.18. The summed E-state index contributed by atoms with van der Waals surface area (Å²) in [7, 11) is 0. The number of anilines is 3. The third kappa shape index (κ3) is 4.24. The average Bonchev–Trinajstić information content (AvgIpc) is 3.15. The lowest BCUT2D eigenvalue weighted by molar-refractivity contribution is 0.461. The first-order valence-corrected chi connectivity index (χ1v) is 17.4. The van der Waals surface area contributed by atoms with Crippen molar-refractivity contribution in [3.8, 4) is 23.0 Å². The fourth-order valence-corrected chi connectivity index (χ4v) is 8.18. The average molecular weight is 644 g/mol. The number of hydrogen-bond donors (Lipinski definition) is 0. The number of ether oxygens (including phenoxy) is 2. The maximum atomic E-state index is 7.14. The molecule has 0 radical (unpaired) electrons. The van der Waals surface area contributed by atoms with Crippen molar-refractivity contribution >= 4 is 72.5 Å². The molecule has 0 spiro atoms. The molecule has 0 aliphatic carbocycles. The minimum absolute atomic E-state index is 0.100. The SMILES string of the molecule is CC(C)(C)c1cc2c3c(c1)Oc1c(c4ccccc4c4ccccc14)B3c1c(cc(N(c3ccccc3)c3ccccc3)c3ccccc13)O2. The summed E-state index contributed by atoms with van der Waals surface area (Å²) in [4.78, 5) is 2.35. The van der Waals surface area contributed by atoms with Crippen molar-refractivity contribution in [2.75, 3.05) is 4.90 Å². The van der Waals surface area contributed by atoms with E-state index in [1.807, 2.05) is 0 Å². The van der Waals surface area contributed by atoms with Crippen molar-refractivity contribution in [1.82, 2.24) is 0 Å². The first-order chi connectivity index (χ1) is 24.5. The zero-order valence-electron chi connectivity index (χ0n) is 28.3. The monoisotopic (exact) mass is 643 g/mol. The highest BCUT2D eigenvalue weighted by atomic mass is 16.5. The molecule has 0 saturated carbocycles. The lowest BCUT2D eigenvalue weighted by Crippen LogP contribution is -2.58. The Morgan fingerprint density at radius 3 is 1.50 bits per heavy atom. The first kappa shape index (κ1) is 29.0. The van der Waals surface area contributed by atoms with E-state index < -0.39 is 0 Å². The Hall–Kier alpha value is -6.00. The Bertz CT molecular complexity index is 2600. The van der Waals surface area contributed by atoms with Crippen LogP contribution in [-0.4, -0.2) is 6.71 Å². The van der Waals surface area contributed by atoms with Crippen LogP contribution in [-0.2, 0) is 5.41 Å². The Kier molecular flexibility index (Phi) is 6.23. The molecule has 4 heteroatoms. The van der Waals surface area contributed by atoms with Gasteiger partial charge in [0.1, 0.15) is 23.0 Å². The van der Waals surface area contributed by atoms with Crippen LogP contribution in [0, 0.1) is 0 Å². The van der Waals surface area contributed by atoms with Crippen LogP contribution < -0.4 is 30.8 Å². The van der Waals surface area contributed by atoms with Crippen molar-refractivity contribution < 1.29 is 9.47 Å². The van der Waals surface area contributed by atoms with Crippen LogP contribution >= 0.6 is 0 Å². The van der Waals surface area contributed by atoms with Gasteiger partial charge in [-0.2, -0.15) is 0 Å². The first-order valence-electron chi connectivity index (χ1n) is 17.4. The van der Waals surface area contributed by atoms with Crippen LogP contribution in [0.3, 0.4) is 0 Å². The molecule has 0 fully saturated rings. The van der Waals surface area contributed by atoms with Crippen LogP contribution in [0.2, 0.25) is 0 Å². The molecule has 50 heavy (non-hydrogen) atoms. The minimum Gasteiger partial charge on any atom is -0.458 e. The zero-order valence-corrected chi connectivity index (χ0v) is 28.3. The highest BCUT2D eigenvalue weighted by molar-refractivity contribution is 7.01. The fraction of sp³-hybridized carbons (Fsp3) is 0.0870. The molecule has 8 aromatic rings. The van der Waals surface area contributed by atoms with E-state index in [0.717, 1.165) is 56.3 Å². The molecule has 2 aliphatic rings. The summed E-state index contributed by atoms with van der Waals surface area (Å²) in [5, 5.41) is 7.10. The zero-order chi connectivity index (χ0) is 33.6. The van der Waals surface area contributed by atoms with Gasteiger partial charge < -0.3 is 14.4 Å². The second-order valence-corrected chi connectivity index (χ2v) is 14.5. The summed E-state index contributed by atoms with van der Waals surface area (Å²) in [5.74, 6) is 3.54. The predicted molar refractivity (Wildman–Crippen MR) is 210 cm³/mol.